The quantitative estimate of drug-likeness (QED) is 0.588. The Morgan fingerprint density at radius 3 is 2.92 bits per heavy atom. The van der Waals surface area contributed by atoms with E-state index in [0.717, 1.165) is 26.6 Å². The number of allylic oxidation sites excluding steroid dienone is 1. The van der Waals surface area contributed by atoms with Crippen LogP contribution in [0.5, 0.6) is 0 Å². The van der Waals surface area contributed by atoms with Gasteiger partial charge in [-0.25, -0.2) is 9.98 Å². The van der Waals surface area contributed by atoms with E-state index in [-0.39, 0.29) is 20.7 Å². The molecule has 3 aliphatic rings. The Balaban J connectivity index is 1.93. The summed E-state index contributed by atoms with van der Waals surface area (Å²) in [5, 5.41) is 1.06. The number of hydrogen-bond donors (Lipinski definition) is 1. The first-order valence-electron chi connectivity index (χ1n) is 8.20. The Bertz CT molecular complexity index is 981. The highest BCUT2D eigenvalue weighted by Gasteiger charge is 2.21. The van der Waals surface area contributed by atoms with Crippen molar-refractivity contribution in [2.75, 3.05) is 0 Å². The first-order chi connectivity index (χ1) is 11.7. The molecule has 0 aromatic carbocycles. The van der Waals surface area contributed by atoms with Crippen molar-refractivity contribution in [1.82, 2.24) is 9.55 Å². The Kier molecular flexibility index (Phi) is 4.83. The molecule has 0 spiro atoms. The van der Waals surface area contributed by atoms with E-state index < -0.39 is 18.9 Å². The van der Waals surface area contributed by atoms with Gasteiger partial charge in [-0.05, 0) is 23.3 Å². The minimum atomic E-state index is -1.60. The maximum atomic E-state index is 5.99. The second kappa shape index (κ2) is 6.91. The molecule has 128 valence electrons. The summed E-state index contributed by atoms with van der Waals surface area (Å²) in [7, 11) is 0. The predicted molar refractivity (Wildman–Crippen MR) is 120 cm³/mol. The first kappa shape index (κ1) is 16.8. The van der Waals surface area contributed by atoms with Crippen LogP contribution in [-0.2, 0) is 0 Å². The van der Waals surface area contributed by atoms with Gasteiger partial charge in [0.15, 0.2) is 5.49 Å². The van der Waals surface area contributed by atoms with E-state index in [9.17, 15) is 0 Å². The first-order valence-corrected chi connectivity index (χ1v) is 14.2. The Morgan fingerprint density at radius 1 is 1.42 bits per heavy atom. The summed E-state index contributed by atoms with van der Waals surface area (Å²) in [6.07, 6.45) is 9.92. The van der Waals surface area contributed by atoms with Crippen LogP contribution in [0.2, 0.25) is 0 Å². The van der Waals surface area contributed by atoms with Crippen LogP contribution in [0, 0.1) is 0 Å². The molecule has 4 rings (SSSR count). The lowest BCUT2D eigenvalue weighted by Crippen LogP contribution is -2.36. The highest BCUT2D eigenvalue weighted by molar-refractivity contribution is 14.2. The normalized spacial score (nSPS) is 21.9. The number of aliphatic imine (C=N–C) groups is 1. The third-order valence-corrected chi connectivity index (χ3v) is 10.9. The zero-order valence-electron chi connectivity index (χ0n) is 13.7. The van der Waals surface area contributed by atoms with Crippen LogP contribution in [0.4, 0.5) is 0 Å². The highest BCUT2D eigenvalue weighted by Crippen LogP contribution is 2.33. The summed E-state index contributed by atoms with van der Waals surface area (Å²) in [5.74, 6) is 0. The van der Waals surface area contributed by atoms with E-state index in [0.29, 0.717) is 6.04 Å². The molecule has 5 nitrogen and oxygen atoms in total. The lowest BCUT2D eigenvalue weighted by molar-refractivity contribution is 0.501. The maximum Gasteiger partial charge on any atom is 0.161 e. The molecule has 1 aromatic rings. The van der Waals surface area contributed by atoms with Crippen molar-refractivity contribution in [2.24, 2.45) is 15.7 Å². The molecule has 3 heterocycles. The number of fused-ring (bicyclic) bond motifs is 1. The summed E-state index contributed by atoms with van der Waals surface area (Å²) in [6.45, 7) is 2.20. The number of rotatable bonds is 3. The van der Waals surface area contributed by atoms with Crippen LogP contribution in [-0.4, -0.2) is 27.5 Å². The summed E-state index contributed by atoms with van der Waals surface area (Å²) in [5.41, 5.74) is 8.11. The maximum absolute atomic E-state index is 5.99. The van der Waals surface area contributed by atoms with Crippen molar-refractivity contribution < 1.29 is 0 Å². The van der Waals surface area contributed by atoms with Crippen molar-refractivity contribution in [1.29, 1.82) is 0 Å². The third kappa shape index (κ3) is 2.98. The van der Waals surface area contributed by atoms with Crippen LogP contribution >= 0.6 is 39.6 Å². The molecule has 1 aromatic heterocycles. The molecule has 1 aliphatic carbocycles. The van der Waals surface area contributed by atoms with Crippen LogP contribution in [0.25, 0.3) is 3.58 Å². The van der Waals surface area contributed by atoms with Gasteiger partial charge in [0, 0.05) is 6.04 Å². The average molecular weight is 549 g/mol. The number of imidazole rings is 1. The van der Waals surface area contributed by atoms with E-state index in [1.807, 2.05) is 12.5 Å². The van der Waals surface area contributed by atoms with E-state index in [4.69, 9.17) is 15.7 Å². The standard InChI is InChI=1S/C17H21I2N5/c1-3-13-18-15(12-8-19(2)14(20)9-21-12)16-17(23-13)24(10-22-16)11-6-4-5-7-11/h8-11H,2-7,20H2,1H3. The topological polar surface area (TPSA) is 68.6 Å². The Hall–Kier alpha value is -0.680. The van der Waals surface area contributed by atoms with Gasteiger partial charge >= 0.3 is 0 Å². The molecule has 0 unspecified atom stereocenters. The van der Waals surface area contributed by atoms with Gasteiger partial charge in [-0.1, -0.05) is 45.0 Å². The lowest BCUT2D eigenvalue weighted by atomic mass is 10.2. The molecule has 2 N–H and O–H groups in total. The van der Waals surface area contributed by atoms with Crippen LogP contribution < -0.4 is 16.6 Å². The van der Waals surface area contributed by atoms with Crippen LogP contribution in [0.3, 0.4) is 0 Å². The van der Waals surface area contributed by atoms with Gasteiger partial charge in [-0.2, -0.15) is 0 Å². The number of hydrogen-bond acceptors (Lipinski definition) is 4. The predicted octanol–water partition coefficient (Wildman–Crippen LogP) is 2.20. The zero-order valence-corrected chi connectivity index (χ0v) is 18.0. The second-order valence-electron chi connectivity index (χ2n) is 6.05. The van der Waals surface area contributed by atoms with E-state index in [1.54, 1.807) is 0 Å². The minimum Gasteiger partial charge on any atom is -0.312 e. The van der Waals surface area contributed by atoms with Crippen molar-refractivity contribution in [3.05, 3.63) is 26.9 Å². The van der Waals surface area contributed by atoms with E-state index in [2.05, 4.69) is 25.1 Å². The van der Waals surface area contributed by atoms with Crippen molar-refractivity contribution in [3.8, 4) is 0 Å². The van der Waals surface area contributed by atoms with Crippen molar-refractivity contribution >= 4 is 61.2 Å². The lowest BCUT2D eigenvalue weighted by Gasteiger charge is -2.13. The van der Waals surface area contributed by atoms with Crippen molar-refractivity contribution in [3.63, 3.8) is 0 Å². The number of halogens is 2. The molecule has 1 fully saturated rings. The van der Waals surface area contributed by atoms with Gasteiger partial charge < -0.3 is 4.57 Å². The fraction of sp³-hybridized carbons (Fsp3) is 0.412. The summed E-state index contributed by atoms with van der Waals surface area (Å²) in [6, 6.07) is 0.560. The van der Waals surface area contributed by atoms with Gasteiger partial charge in [0.2, 0.25) is 0 Å². The highest BCUT2D eigenvalue weighted by atomic mass is 127. The monoisotopic (exact) mass is 549 g/mol. The SMILES string of the molecule is C=I1=C(N)C=NC(C2=c3ncn(C4CCCC4)c3=NC(CC)=I2)=C1. The fourth-order valence-corrected chi connectivity index (χ4v) is 8.39. The largest absolute Gasteiger partial charge is 0.312 e. The third-order valence-electron chi connectivity index (χ3n) is 4.48. The summed E-state index contributed by atoms with van der Waals surface area (Å²) < 4.78 is 12.3. The molecule has 2 aliphatic heterocycles. The zero-order chi connectivity index (χ0) is 16.7. The number of nitrogens with zero attached hydrogens (tertiary/aromatic N) is 4. The van der Waals surface area contributed by atoms with Gasteiger partial charge in [0.25, 0.3) is 0 Å². The number of nitrogens with two attached hydrogens (primary N) is 1. The molecule has 0 atom stereocenters. The van der Waals surface area contributed by atoms with Gasteiger partial charge in [-0.3, -0.25) is 10.7 Å². The Labute approximate surface area is 157 Å². The smallest absolute Gasteiger partial charge is 0.161 e. The molecule has 0 radical (unpaired) electrons. The van der Waals surface area contributed by atoms with Crippen LogP contribution in [0.1, 0.15) is 45.1 Å². The molecule has 0 bridgehead atoms. The fourth-order valence-electron chi connectivity index (χ4n) is 3.19. The average Bonchev–Trinajstić information content (AvgIpc) is 3.25. The Morgan fingerprint density at radius 2 is 2.21 bits per heavy atom. The molecule has 0 saturated heterocycles. The van der Waals surface area contributed by atoms with Crippen LogP contribution in [0.15, 0.2) is 26.1 Å². The van der Waals surface area contributed by atoms with E-state index in [1.165, 1.54) is 32.9 Å². The van der Waals surface area contributed by atoms with Crippen molar-refractivity contribution in [2.45, 2.75) is 45.1 Å². The van der Waals surface area contributed by atoms with Gasteiger partial charge in [0.1, 0.15) is 5.35 Å². The molecular weight excluding hydrogens is 528 g/mol. The summed E-state index contributed by atoms with van der Waals surface area (Å²) in [4.78, 5) is 14.4. The molecular formula is C17H21I2N5. The van der Waals surface area contributed by atoms with E-state index >= 15 is 0 Å². The van der Waals surface area contributed by atoms with Gasteiger partial charge in [-0.15, -0.1) is 18.9 Å². The molecule has 7 heteroatoms. The van der Waals surface area contributed by atoms with Gasteiger partial charge in [0.05, 0.1) is 29.1 Å². The molecule has 1 saturated carbocycles. The number of aromatic nitrogens is 2. The summed E-state index contributed by atoms with van der Waals surface area (Å²) >= 11 is -1.91. The molecule has 0 amide bonds. The second-order valence-corrected chi connectivity index (χ2v) is 13.0. The molecule has 24 heavy (non-hydrogen) atoms. The minimum absolute atomic E-state index is 0.309.